The van der Waals surface area contributed by atoms with Gasteiger partial charge in [-0.25, -0.2) is 4.79 Å². The van der Waals surface area contributed by atoms with Crippen molar-refractivity contribution in [2.24, 2.45) is 5.41 Å². The maximum atomic E-state index is 13.8. The molecule has 1 saturated heterocycles. The molecule has 0 bridgehead atoms. The number of ether oxygens (including phenoxy) is 1. The Labute approximate surface area is 278 Å². The van der Waals surface area contributed by atoms with Crippen molar-refractivity contribution < 1.29 is 19.1 Å². The van der Waals surface area contributed by atoms with Gasteiger partial charge in [0.1, 0.15) is 5.60 Å². The van der Waals surface area contributed by atoms with Crippen LogP contribution in [-0.2, 0) is 31.8 Å². The van der Waals surface area contributed by atoms with Crippen LogP contribution in [0.25, 0.3) is 0 Å². The quantitative estimate of drug-likeness (QED) is 0.362. The molecule has 2 aromatic carbocycles. The Kier molecular flexibility index (Phi) is 10.2. The molecule has 1 atom stereocenters. The molecule has 2 aliphatic rings. The van der Waals surface area contributed by atoms with Crippen LogP contribution in [-0.4, -0.2) is 78.5 Å². The molecular weight excluding hydrogens is 611 g/mol. The van der Waals surface area contributed by atoms with Crippen LogP contribution in [0.1, 0.15) is 77.5 Å². The predicted molar refractivity (Wildman–Crippen MR) is 179 cm³/mol. The number of likely N-dealkylation sites (N-methyl/N-ethyl adjacent to an activating group) is 2. The number of hydrogen-bond donors (Lipinski definition) is 1. The standard InChI is InChI=1S/C35H48Cl2N4O4/c1-32(2,3)30(43)39(7)23-35(25-13-14-27(36)28(37)22-25,40(8)31(44)45-33(4,5)6)17-20-41-18-15-34(16-19-41)26-12-10-9-11-24(26)21-29(42)38-34/h9-14,22H,15-21,23H2,1-8H3,(H,38,42)/t35-/m1/s1. The highest BCUT2D eigenvalue weighted by Crippen LogP contribution is 2.40. The minimum Gasteiger partial charge on any atom is -0.444 e. The molecule has 1 spiro atoms. The molecule has 45 heavy (non-hydrogen) atoms. The number of nitrogens with zero attached hydrogens (tertiary/aromatic N) is 3. The van der Waals surface area contributed by atoms with Crippen molar-refractivity contribution in [1.82, 2.24) is 20.0 Å². The molecule has 8 nitrogen and oxygen atoms in total. The number of nitrogens with one attached hydrogen (secondary N) is 1. The van der Waals surface area contributed by atoms with Crippen LogP contribution < -0.4 is 5.32 Å². The molecule has 0 unspecified atom stereocenters. The summed E-state index contributed by atoms with van der Waals surface area (Å²) in [6.45, 7) is 13.5. The molecule has 3 amide bonds. The predicted octanol–water partition coefficient (Wildman–Crippen LogP) is 6.61. The van der Waals surface area contributed by atoms with Gasteiger partial charge in [0.2, 0.25) is 11.8 Å². The molecule has 4 rings (SSSR count). The number of piperidine rings is 1. The van der Waals surface area contributed by atoms with E-state index in [4.69, 9.17) is 27.9 Å². The second-order valence-corrected chi connectivity index (χ2v) is 15.5. The minimum atomic E-state index is -0.993. The smallest absolute Gasteiger partial charge is 0.410 e. The number of likely N-dealkylation sites (tertiary alicyclic amines) is 1. The Morgan fingerprint density at radius 2 is 1.62 bits per heavy atom. The maximum Gasteiger partial charge on any atom is 0.410 e. The normalized spacial score (nSPS) is 18.0. The maximum absolute atomic E-state index is 13.8. The third kappa shape index (κ3) is 7.78. The first-order chi connectivity index (χ1) is 20.9. The summed E-state index contributed by atoms with van der Waals surface area (Å²) in [4.78, 5) is 45.7. The van der Waals surface area contributed by atoms with Gasteiger partial charge in [0.25, 0.3) is 0 Å². The van der Waals surface area contributed by atoms with E-state index in [9.17, 15) is 14.4 Å². The summed E-state index contributed by atoms with van der Waals surface area (Å²) in [5, 5.41) is 4.09. The summed E-state index contributed by atoms with van der Waals surface area (Å²) in [5.74, 6) is 0.0162. The van der Waals surface area contributed by atoms with Crippen LogP contribution in [0.5, 0.6) is 0 Å². The fraction of sp³-hybridized carbons (Fsp3) is 0.571. The second kappa shape index (κ2) is 13.1. The molecule has 0 aliphatic carbocycles. The fourth-order valence-corrected chi connectivity index (χ4v) is 7.00. The van der Waals surface area contributed by atoms with Gasteiger partial charge >= 0.3 is 6.09 Å². The van der Waals surface area contributed by atoms with Gasteiger partial charge in [0.15, 0.2) is 0 Å². The van der Waals surface area contributed by atoms with E-state index in [1.54, 1.807) is 36.0 Å². The average Bonchev–Trinajstić information content (AvgIpc) is 2.95. The van der Waals surface area contributed by atoms with Crippen molar-refractivity contribution in [2.45, 2.75) is 83.9 Å². The Hall–Kier alpha value is -2.81. The van der Waals surface area contributed by atoms with Crippen LogP contribution in [0.15, 0.2) is 42.5 Å². The van der Waals surface area contributed by atoms with Crippen molar-refractivity contribution in [3.8, 4) is 0 Å². The zero-order chi connectivity index (χ0) is 33.4. The van der Waals surface area contributed by atoms with Crippen molar-refractivity contribution in [3.63, 3.8) is 0 Å². The number of halogens is 2. The Bertz CT molecular complexity index is 1430. The highest BCUT2D eigenvalue weighted by Gasteiger charge is 2.46. The molecule has 2 aromatic rings. The van der Waals surface area contributed by atoms with E-state index >= 15 is 0 Å². The van der Waals surface area contributed by atoms with E-state index in [-0.39, 0.29) is 23.9 Å². The summed E-state index contributed by atoms with van der Waals surface area (Å²) in [6, 6.07) is 13.6. The molecule has 2 heterocycles. The SMILES string of the molecule is CN(C[C@](CCN1CCC2(CC1)NC(=O)Cc1ccccc12)(c1ccc(Cl)c(Cl)c1)N(C)C(=O)OC(C)(C)C)C(=O)C(C)(C)C. The van der Waals surface area contributed by atoms with Crippen LogP contribution in [0.3, 0.4) is 0 Å². The molecule has 0 aromatic heterocycles. The average molecular weight is 660 g/mol. The third-order valence-corrected chi connectivity index (χ3v) is 9.81. The Morgan fingerprint density at radius 3 is 2.22 bits per heavy atom. The van der Waals surface area contributed by atoms with Gasteiger partial charge in [-0.2, -0.15) is 0 Å². The zero-order valence-corrected chi connectivity index (χ0v) is 29.4. The van der Waals surface area contributed by atoms with Crippen molar-refractivity contribution in [2.75, 3.05) is 40.3 Å². The first-order valence-electron chi connectivity index (χ1n) is 15.7. The molecule has 1 N–H and O–H groups in total. The Morgan fingerprint density at radius 1 is 0.978 bits per heavy atom. The topological polar surface area (TPSA) is 82.2 Å². The summed E-state index contributed by atoms with van der Waals surface area (Å²) in [5.41, 5.74) is 0.359. The molecule has 0 saturated carbocycles. The highest BCUT2D eigenvalue weighted by atomic mass is 35.5. The number of rotatable bonds is 7. The number of hydrogen-bond acceptors (Lipinski definition) is 5. The fourth-order valence-electron chi connectivity index (χ4n) is 6.70. The lowest BCUT2D eigenvalue weighted by atomic mass is 9.75. The summed E-state index contributed by atoms with van der Waals surface area (Å²) >= 11 is 12.9. The van der Waals surface area contributed by atoms with Gasteiger partial charge in [0, 0.05) is 45.7 Å². The largest absolute Gasteiger partial charge is 0.444 e. The number of carbonyl (C=O) groups excluding carboxylic acids is 3. The molecule has 246 valence electrons. The second-order valence-electron chi connectivity index (χ2n) is 14.7. The number of carbonyl (C=O) groups is 3. The van der Waals surface area contributed by atoms with Crippen molar-refractivity contribution in [3.05, 3.63) is 69.2 Å². The van der Waals surface area contributed by atoms with Crippen molar-refractivity contribution in [1.29, 1.82) is 0 Å². The van der Waals surface area contributed by atoms with Gasteiger partial charge in [-0.3, -0.25) is 14.5 Å². The molecule has 1 fully saturated rings. The van der Waals surface area contributed by atoms with Gasteiger partial charge in [-0.05, 0) is 68.9 Å². The monoisotopic (exact) mass is 658 g/mol. The number of benzene rings is 2. The van der Waals surface area contributed by atoms with Gasteiger partial charge < -0.3 is 19.9 Å². The van der Waals surface area contributed by atoms with Crippen LogP contribution in [0.4, 0.5) is 4.79 Å². The van der Waals surface area contributed by atoms with E-state index in [2.05, 4.69) is 22.3 Å². The summed E-state index contributed by atoms with van der Waals surface area (Å²) in [6.07, 6.45) is 1.97. The third-order valence-electron chi connectivity index (χ3n) is 9.07. The van der Waals surface area contributed by atoms with Crippen molar-refractivity contribution >= 4 is 41.1 Å². The number of amides is 3. The highest BCUT2D eigenvalue weighted by molar-refractivity contribution is 6.42. The van der Waals surface area contributed by atoms with Crippen LogP contribution in [0, 0.1) is 5.41 Å². The first-order valence-corrected chi connectivity index (χ1v) is 16.4. The van der Waals surface area contributed by atoms with Gasteiger partial charge in [0.05, 0.1) is 27.5 Å². The van der Waals surface area contributed by atoms with E-state index in [0.29, 0.717) is 29.4 Å². The zero-order valence-electron chi connectivity index (χ0n) is 27.9. The number of fused-ring (bicyclic) bond motifs is 2. The van der Waals surface area contributed by atoms with Crippen LogP contribution >= 0.6 is 23.2 Å². The lowest BCUT2D eigenvalue weighted by molar-refractivity contribution is -0.140. The molecular formula is C35H48Cl2N4O4. The lowest BCUT2D eigenvalue weighted by Gasteiger charge is -2.48. The molecule has 10 heteroatoms. The first kappa shape index (κ1) is 35.1. The summed E-state index contributed by atoms with van der Waals surface area (Å²) < 4.78 is 5.87. The lowest BCUT2D eigenvalue weighted by Crippen LogP contribution is -2.58. The molecule has 0 radical (unpaired) electrons. The minimum absolute atomic E-state index is 0.0452. The van der Waals surface area contributed by atoms with E-state index < -0.39 is 22.6 Å². The van der Waals surface area contributed by atoms with E-state index in [1.165, 1.54) is 5.56 Å². The Balaban J connectivity index is 1.68. The van der Waals surface area contributed by atoms with E-state index in [0.717, 1.165) is 37.1 Å². The molecule has 2 aliphatic heterocycles. The summed E-state index contributed by atoms with van der Waals surface area (Å²) in [7, 11) is 3.50. The van der Waals surface area contributed by atoms with Gasteiger partial charge in [-0.1, -0.05) is 74.3 Å². The van der Waals surface area contributed by atoms with Crippen LogP contribution in [0.2, 0.25) is 10.0 Å². The van der Waals surface area contributed by atoms with E-state index in [1.807, 2.05) is 59.7 Å². The van der Waals surface area contributed by atoms with Gasteiger partial charge in [-0.15, -0.1) is 0 Å².